The molecule has 218 valence electrons. The molecule has 7 nitrogen and oxygen atoms in total. The van der Waals surface area contributed by atoms with Gasteiger partial charge in [-0.1, -0.05) is 26.1 Å². The second-order valence-corrected chi connectivity index (χ2v) is 12.6. The second-order valence-electron chi connectivity index (χ2n) is 10.4. The molecular formula is C30H35F3N5O2P. The number of nitrogens with one attached hydrogen (secondary N) is 2. The van der Waals surface area contributed by atoms with Crippen molar-refractivity contribution in [3.8, 4) is 11.3 Å². The zero-order valence-corrected chi connectivity index (χ0v) is 24.4. The van der Waals surface area contributed by atoms with Gasteiger partial charge in [0.25, 0.3) is 6.47 Å². The van der Waals surface area contributed by atoms with E-state index in [-0.39, 0.29) is 6.47 Å². The Labute approximate surface area is 239 Å². The van der Waals surface area contributed by atoms with E-state index < -0.39 is 19.7 Å². The van der Waals surface area contributed by atoms with Crippen LogP contribution in [0.15, 0.2) is 60.8 Å². The third kappa shape index (κ3) is 7.00. The normalized spacial score (nSPS) is 14.3. The summed E-state index contributed by atoms with van der Waals surface area (Å²) < 4.78 is 41.2. The van der Waals surface area contributed by atoms with Gasteiger partial charge in [-0.05, 0) is 82.2 Å². The number of hydrogen-bond acceptors (Lipinski definition) is 5. The number of fused-ring (bicyclic) bond motifs is 1. The second kappa shape index (κ2) is 12.9. The first-order chi connectivity index (χ1) is 19.5. The van der Waals surface area contributed by atoms with E-state index in [2.05, 4.69) is 63.4 Å². The van der Waals surface area contributed by atoms with Gasteiger partial charge in [0, 0.05) is 53.1 Å². The summed E-state index contributed by atoms with van der Waals surface area (Å²) in [5.74, 6) is 0. The van der Waals surface area contributed by atoms with Crippen LogP contribution in [0, 0.1) is 0 Å². The van der Waals surface area contributed by atoms with Crippen molar-refractivity contribution in [3.05, 3.63) is 66.4 Å². The van der Waals surface area contributed by atoms with Crippen molar-refractivity contribution >= 4 is 47.8 Å². The molecule has 2 aromatic heterocycles. The summed E-state index contributed by atoms with van der Waals surface area (Å²) in [4.78, 5) is 21.0. The number of aromatic amines is 1. The number of aromatic nitrogens is 2. The predicted octanol–water partition coefficient (Wildman–Crippen LogP) is 6.59. The summed E-state index contributed by atoms with van der Waals surface area (Å²) in [7, 11) is 3.30. The van der Waals surface area contributed by atoms with Gasteiger partial charge in [0.2, 0.25) is 0 Å². The first kappa shape index (κ1) is 30.3. The average Bonchev–Trinajstić information content (AvgIpc) is 3.38. The van der Waals surface area contributed by atoms with E-state index in [0.29, 0.717) is 22.7 Å². The minimum atomic E-state index is -4.40. The van der Waals surface area contributed by atoms with E-state index in [1.807, 2.05) is 19.4 Å². The number of halogens is 3. The van der Waals surface area contributed by atoms with Crippen molar-refractivity contribution < 1.29 is 23.1 Å². The summed E-state index contributed by atoms with van der Waals surface area (Å²) in [5.41, 5.74) is 4.47. The van der Waals surface area contributed by atoms with Crippen molar-refractivity contribution in [1.82, 2.24) is 14.9 Å². The lowest BCUT2D eigenvalue weighted by molar-refractivity contribution is -0.136. The first-order valence-corrected chi connectivity index (χ1v) is 15.5. The molecule has 5 rings (SSSR count). The van der Waals surface area contributed by atoms with E-state index in [0.717, 1.165) is 54.3 Å². The van der Waals surface area contributed by atoms with Gasteiger partial charge in [0.1, 0.15) is 5.65 Å². The Balaban J connectivity index is 0.00000124. The zero-order chi connectivity index (χ0) is 29.7. The van der Waals surface area contributed by atoms with Gasteiger partial charge in [0.05, 0.1) is 11.3 Å². The molecule has 0 aliphatic carbocycles. The quantitative estimate of drug-likeness (QED) is 0.175. The smallest absolute Gasteiger partial charge is 0.417 e. The Morgan fingerprint density at radius 3 is 2.32 bits per heavy atom. The SMILES string of the molecule is CN(C)C1CCN(c2ccc(-c3cc4c(Nc5cccc(C(F)(F)F)c5P(C)C)ccnc4[nH]3)cc2)CC1.O=CO. The molecule has 0 unspecified atom stereocenters. The Bertz CT molecular complexity index is 1460. The lowest BCUT2D eigenvalue weighted by Crippen LogP contribution is -2.41. The summed E-state index contributed by atoms with van der Waals surface area (Å²) in [6.07, 6.45) is -0.421. The molecule has 2 aromatic carbocycles. The Kier molecular flexibility index (Phi) is 9.56. The van der Waals surface area contributed by atoms with Gasteiger partial charge < -0.3 is 25.2 Å². The molecule has 0 radical (unpaired) electrons. The Morgan fingerprint density at radius 1 is 1.07 bits per heavy atom. The van der Waals surface area contributed by atoms with Crippen LogP contribution in [0.3, 0.4) is 0 Å². The highest BCUT2D eigenvalue weighted by atomic mass is 31.1. The maximum absolute atomic E-state index is 13.7. The van der Waals surface area contributed by atoms with Crippen molar-refractivity contribution in [2.75, 3.05) is 50.7 Å². The molecule has 3 N–H and O–H groups in total. The van der Waals surface area contributed by atoms with E-state index >= 15 is 0 Å². The van der Waals surface area contributed by atoms with E-state index in [1.165, 1.54) is 11.8 Å². The number of H-pyrrole nitrogens is 1. The van der Waals surface area contributed by atoms with Crippen LogP contribution >= 0.6 is 7.92 Å². The highest BCUT2D eigenvalue weighted by Gasteiger charge is 2.35. The molecule has 41 heavy (non-hydrogen) atoms. The lowest BCUT2D eigenvalue weighted by Gasteiger charge is -2.36. The summed E-state index contributed by atoms with van der Waals surface area (Å²) in [6.45, 7) is 5.52. The molecule has 0 amide bonds. The molecule has 0 spiro atoms. The number of nitrogens with zero attached hydrogens (tertiary/aromatic N) is 3. The molecule has 0 bridgehead atoms. The molecule has 3 heterocycles. The highest BCUT2D eigenvalue weighted by Crippen LogP contribution is 2.39. The Hall–Kier alpha value is -3.62. The van der Waals surface area contributed by atoms with Gasteiger partial charge in [-0.15, -0.1) is 0 Å². The van der Waals surface area contributed by atoms with Crippen LogP contribution in [0.25, 0.3) is 22.3 Å². The molecule has 1 saturated heterocycles. The molecule has 11 heteroatoms. The minimum absolute atomic E-state index is 0.250. The number of piperidine rings is 1. The number of anilines is 3. The number of carboxylic acid groups (broad SMARTS) is 1. The van der Waals surface area contributed by atoms with E-state index in [9.17, 15) is 13.2 Å². The molecule has 1 aliphatic heterocycles. The van der Waals surface area contributed by atoms with Crippen molar-refractivity contribution in [2.45, 2.75) is 25.1 Å². The van der Waals surface area contributed by atoms with Crippen LogP contribution in [0.5, 0.6) is 0 Å². The first-order valence-electron chi connectivity index (χ1n) is 13.3. The van der Waals surface area contributed by atoms with Crippen LogP contribution in [-0.2, 0) is 11.0 Å². The summed E-state index contributed by atoms with van der Waals surface area (Å²) in [5, 5.41) is 11.3. The predicted molar refractivity (Wildman–Crippen MR) is 162 cm³/mol. The van der Waals surface area contributed by atoms with E-state index in [4.69, 9.17) is 9.90 Å². The number of carbonyl (C=O) groups is 1. The van der Waals surface area contributed by atoms with Crippen molar-refractivity contribution in [2.24, 2.45) is 0 Å². The maximum Gasteiger partial charge on any atom is 0.417 e. The Morgan fingerprint density at radius 2 is 1.73 bits per heavy atom. The highest BCUT2D eigenvalue weighted by molar-refractivity contribution is 7.64. The molecule has 1 fully saturated rings. The standard InChI is InChI=1S/C29H33F3N5P.CH2O2/c1-36(2)20-13-16-37(17-14-20)21-10-8-19(9-11-21)26-18-22-24(12-15-33-28(22)35-26)34-25-7-5-6-23(29(30,31)32)27(25)38(3)4;2-1-3/h5-12,15,18,20H,13-14,16-17H2,1-4H3,(H2,33,34,35);1H,(H,2,3). The third-order valence-electron chi connectivity index (χ3n) is 7.33. The molecule has 0 saturated carbocycles. The summed E-state index contributed by atoms with van der Waals surface area (Å²) >= 11 is 0. The average molecular weight is 586 g/mol. The van der Waals surface area contributed by atoms with Gasteiger partial charge in [-0.3, -0.25) is 4.79 Å². The van der Waals surface area contributed by atoms with Crippen LogP contribution in [0.2, 0.25) is 0 Å². The maximum atomic E-state index is 13.7. The molecular weight excluding hydrogens is 550 g/mol. The van der Waals surface area contributed by atoms with Gasteiger partial charge >= 0.3 is 6.18 Å². The number of hydrogen-bond donors (Lipinski definition) is 3. The van der Waals surface area contributed by atoms with Crippen LogP contribution in [0.4, 0.5) is 30.2 Å². The lowest BCUT2D eigenvalue weighted by atomic mass is 10.0. The van der Waals surface area contributed by atoms with Gasteiger partial charge in [-0.25, -0.2) is 4.98 Å². The third-order valence-corrected chi connectivity index (χ3v) is 8.70. The largest absolute Gasteiger partial charge is 0.483 e. The van der Waals surface area contributed by atoms with Gasteiger partial charge in [-0.2, -0.15) is 13.2 Å². The van der Waals surface area contributed by atoms with E-state index in [1.54, 1.807) is 18.3 Å². The molecule has 1 aliphatic rings. The van der Waals surface area contributed by atoms with Crippen LogP contribution in [-0.4, -0.2) is 73.0 Å². The van der Waals surface area contributed by atoms with Crippen molar-refractivity contribution in [3.63, 3.8) is 0 Å². The summed E-state index contributed by atoms with van der Waals surface area (Å²) in [6, 6.07) is 17.3. The molecule has 4 aromatic rings. The fourth-order valence-corrected chi connectivity index (χ4v) is 6.58. The fraction of sp³-hybridized carbons (Fsp3) is 0.333. The number of pyridine rings is 1. The van der Waals surface area contributed by atoms with Gasteiger partial charge in [0.15, 0.2) is 0 Å². The van der Waals surface area contributed by atoms with Crippen molar-refractivity contribution in [1.29, 1.82) is 0 Å². The molecule has 0 atom stereocenters. The van der Waals surface area contributed by atoms with Crippen LogP contribution in [0.1, 0.15) is 18.4 Å². The topological polar surface area (TPSA) is 84.5 Å². The number of benzene rings is 2. The fourth-order valence-electron chi connectivity index (χ4n) is 5.28. The monoisotopic (exact) mass is 585 g/mol. The number of rotatable bonds is 6. The minimum Gasteiger partial charge on any atom is -0.483 e. The van der Waals surface area contributed by atoms with Crippen LogP contribution < -0.4 is 15.5 Å². The number of alkyl halides is 3. The zero-order valence-electron chi connectivity index (χ0n) is 23.5.